The minimum atomic E-state index is -1.23. The molecule has 0 saturated carbocycles. The van der Waals surface area contributed by atoms with Crippen LogP contribution in [0.15, 0.2) is 66.7 Å². The summed E-state index contributed by atoms with van der Waals surface area (Å²) in [5.41, 5.74) is 0.648. The third-order valence-electron chi connectivity index (χ3n) is 6.29. The predicted molar refractivity (Wildman–Crippen MR) is 127 cm³/mol. The maximum Gasteiger partial charge on any atom is 0.269 e. The molecule has 0 radical (unpaired) electrons. The molecule has 188 valence electrons. The summed E-state index contributed by atoms with van der Waals surface area (Å²) in [7, 11) is 1.36. The number of hydrogen-bond acceptors (Lipinski definition) is 10. The second-order valence-corrected chi connectivity index (χ2v) is 8.31. The van der Waals surface area contributed by atoms with Crippen molar-refractivity contribution < 1.29 is 34.1 Å². The molecule has 13 nitrogen and oxygen atoms in total. The van der Waals surface area contributed by atoms with Crippen LogP contribution >= 0.6 is 0 Å². The highest BCUT2D eigenvalue weighted by atomic mass is 16.7. The van der Waals surface area contributed by atoms with Crippen molar-refractivity contribution in [3.63, 3.8) is 0 Å². The van der Waals surface area contributed by atoms with E-state index in [1.165, 1.54) is 72.8 Å². The Labute approximate surface area is 208 Å². The maximum absolute atomic E-state index is 13.6. The number of phenols is 1. The number of carbonyl (C=O) groups excluding carboxylic acids is 2. The third kappa shape index (κ3) is 3.87. The fourth-order valence-corrected chi connectivity index (χ4v) is 4.55. The summed E-state index contributed by atoms with van der Waals surface area (Å²) in [5, 5.41) is 33.5. The molecule has 3 aromatic rings. The molecule has 37 heavy (non-hydrogen) atoms. The molecule has 0 aliphatic carbocycles. The van der Waals surface area contributed by atoms with Crippen LogP contribution in [0.25, 0.3) is 0 Å². The predicted octanol–water partition coefficient (Wildman–Crippen LogP) is 3.27. The molecular weight excluding hydrogens is 488 g/mol. The first-order valence-corrected chi connectivity index (χ1v) is 10.9. The Kier molecular flexibility index (Phi) is 5.68. The summed E-state index contributed by atoms with van der Waals surface area (Å²) >= 11 is 0. The van der Waals surface area contributed by atoms with Crippen molar-refractivity contribution in [3.8, 4) is 11.5 Å². The summed E-state index contributed by atoms with van der Waals surface area (Å²) in [6.45, 7) is 0. The number of ether oxygens (including phenoxy) is 1. The van der Waals surface area contributed by atoms with Gasteiger partial charge in [0.15, 0.2) is 17.6 Å². The van der Waals surface area contributed by atoms with E-state index in [-0.39, 0.29) is 28.6 Å². The second kappa shape index (κ2) is 8.87. The molecular formula is C24H18N4O9. The van der Waals surface area contributed by atoms with Crippen molar-refractivity contribution in [2.75, 3.05) is 17.1 Å². The minimum Gasteiger partial charge on any atom is -0.504 e. The zero-order valence-corrected chi connectivity index (χ0v) is 19.1. The van der Waals surface area contributed by atoms with Crippen LogP contribution in [0.3, 0.4) is 0 Å². The van der Waals surface area contributed by atoms with Gasteiger partial charge in [-0.05, 0) is 42.0 Å². The fraction of sp³-hybridized carbons (Fsp3) is 0.167. The van der Waals surface area contributed by atoms with Gasteiger partial charge in [0.05, 0.1) is 34.4 Å². The van der Waals surface area contributed by atoms with E-state index >= 15 is 0 Å². The number of rotatable bonds is 6. The van der Waals surface area contributed by atoms with Gasteiger partial charge in [-0.25, -0.2) is 9.96 Å². The average Bonchev–Trinajstić information content (AvgIpc) is 3.40. The number of imide groups is 1. The molecule has 3 atom stereocenters. The van der Waals surface area contributed by atoms with Crippen molar-refractivity contribution >= 4 is 34.6 Å². The first-order valence-electron chi connectivity index (χ1n) is 10.9. The van der Waals surface area contributed by atoms with Gasteiger partial charge in [-0.1, -0.05) is 6.07 Å². The van der Waals surface area contributed by atoms with Crippen LogP contribution in [0.4, 0.5) is 22.7 Å². The first-order chi connectivity index (χ1) is 17.7. The number of methoxy groups -OCH3 is 1. The number of nitro groups is 2. The Balaban J connectivity index is 1.57. The number of phenolic OH excluding ortho intramolecular Hbond substituents is 1. The van der Waals surface area contributed by atoms with Crippen LogP contribution in [0.5, 0.6) is 11.5 Å². The molecule has 2 heterocycles. The van der Waals surface area contributed by atoms with Crippen LogP contribution in [-0.2, 0) is 14.4 Å². The molecule has 3 aromatic carbocycles. The summed E-state index contributed by atoms with van der Waals surface area (Å²) in [6.07, 6.45) is -1.23. The molecule has 5 rings (SSSR count). The Morgan fingerprint density at radius 3 is 1.97 bits per heavy atom. The number of carbonyl (C=O) groups is 2. The highest BCUT2D eigenvalue weighted by Crippen LogP contribution is 2.48. The molecule has 2 saturated heterocycles. The molecule has 0 bridgehead atoms. The number of anilines is 2. The quantitative estimate of drug-likeness (QED) is 0.298. The average molecular weight is 506 g/mol. The molecule has 2 aliphatic rings. The van der Waals surface area contributed by atoms with Gasteiger partial charge in [0.2, 0.25) is 5.91 Å². The van der Waals surface area contributed by atoms with E-state index in [0.717, 1.165) is 4.90 Å². The van der Waals surface area contributed by atoms with Crippen molar-refractivity contribution in [1.82, 2.24) is 0 Å². The maximum atomic E-state index is 13.6. The number of hydrogen-bond donors (Lipinski definition) is 1. The molecule has 0 aromatic heterocycles. The lowest BCUT2D eigenvalue weighted by Gasteiger charge is -2.29. The normalized spacial score (nSPS) is 20.7. The Bertz CT molecular complexity index is 1430. The lowest BCUT2D eigenvalue weighted by molar-refractivity contribution is -0.385. The number of amides is 2. The van der Waals surface area contributed by atoms with Gasteiger partial charge in [-0.15, -0.1) is 0 Å². The lowest BCUT2D eigenvalue weighted by Crippen LogP contribution is -2.37. The van der Waals surface area contributed by atoms with Crippen molar-refractivity contribution in [2.24, 2.45) is 5.92 Å². The Morgan fingerprint density at radius 2 is 1.43 bits per heavy atom. The highest BCUT2D eigenvalue weighted by Gasteiger charge is 2.60. The van der Waals surface area contributed by atoms with Crippen LogP contribution in [-0.4, -0.2) is 40.0 Å². The minimum absolute atomic E-state index is 0.133. The van der Waals surface area contributed by atoms with Crippen LogP contribution < -0.4 is 14.7 Å². The number of fused-ring (bicyclic) bond motifs is 1. The lowest BCUT2D eigenvalue weighted by atomic mass is 9.90. The van der Waals surface area contributed by atoms with E-state index in [1.54, 1.807) is 6.07 Å². The number of hydroxylamine groups is 1. The van der Waals surface area contributed by atoms with Gasteiger partial charge >= 0.3 is 0 Å². The summed E-state index contributed by atoms with van der Waals surface area (Å²) in [6, 6.07) is 14.0. The molecule has 1 N–H and O–H groups in total. The zero-order valence-electron chi connectivity index (χ0n) is 19.1. The van der Waals surface area contributed by atoms with Crippen LogP contribution in [0.2, 0.25) is 0 Å². The van der Waals surface area contributed by atoms with Crippen LogP contribution in [0, 0.1) is 26.1 Å². The fourth-order valence-electron chi connectivity index (χ4n) is 4.55. The topological polar surface area (TPSA) is 166 Å². The molecule has 13 heteroatoms. The second-order valence-electron chi connectivity index (χ2n) is 8.31. The first kappa shape index (κ1) is 23.7. The van der Waals surface area contributed by atoms with Gasteiger partial charge in [0.1, 0.15) is 5.92 Å². The van der Waals surface area contributed by atoms with Crippen molar-refractivity contribution in [2.45, 2.75) is 12.1 Å². The van der Waals surface area contributed by atoms with E-state index in [9.17, 15) is 34.9 Å². The highest BCUT2D eigenvalue weighted by molar-refractivity contribution is 6.24. The van der Waals surface area contributed by atoms with Crippen molar-refractivity contribution in [3.05, 3.63) is 92.5 Å². The number of nitrogens with zero attached hydrogens (tertiary/aromatic N) is 4. The number of non-ortho nitro benzene ring substituents is 2. The molecule has 2 aliphatic heterocycles. The van der Waals surface area contributed by atoms with E-state index in [4.69, 9.17) is 9.57 Å². The van der Waals surface area contributed by atoms with Crippen molar-refractivity contribution in [1.29, 1.82) is 0 Å². The Morgan fingerprint density at radius 1 is 0.865 bits per heavy atom. The molecule has 2 amide bonds. The van der Waals surface area contributed by atoms with Gasteiger partial charge in [-0.3, -0.25) is 34.7 Å². The molecule has 0 spiro atoms. The van der Waals surface area contributed by atoms with Gasteiger partial charge in [-0.2, -0.15) is 0 Å². The largest absolute Gasteiger partial charge is 0.504 e. The Hall–Kier alpha value is -5.04. The number of aromatic hydroxyl groups is 1. The summed E-state index contributed by atoms with van der Waals surface area (Å²) < 4.78 is 5.21. The number of benzene rings is 3. The van der Waals surface area contributed by atoms with Crippen LogP contribution in [0.1, 0.15) is 11.6 Å². The monoisotopic (exact) mass is 506 g/mol. The summed E-state index contributed by atoms with van der Waals surface area (Å²) in [4.78, 5) is 54.8. The third-order valence-corrected chi connectivity index (χ3v) is 6.29. The molecule has 2 fully saturated rings. The SMILES string of the molecule is COc1cc([C@H]2[C@H]3C(=O)N(c4ccc([N+](=O)[O-])cc4)C(=O)[C@@H]3ON2c2ccc([N+](=O)[O-])cc2)ccc1O. The standard InChI is InChI=1S/C24H18N4O9/c1-36-19-12-13(2-11-18(19)29)21-20-22(37-26(21)15-5-9-17(10-6-15)28(34)35)24(31)25(23(20)30)14-3-7-16(8-4-14)27(32)33/h2-12,20-22,29H,1H3/t20-,21+,22-/m1/s1. The zero-order chi connectivity index (χ0) is 26.4. The van der Waals surface area contributed by atoms with Gasteiger partial charge < -0.3 is 9.84 Å². The number of nitro benzene ring substituents is 2. The van der Waals surface area contributed by atoms with E-state index in [2.05, 4.69) is 0 Å². The summed E-state index contributed by atoms with van der Waals surface area (Å²) in [5.74, 6) is -2.29. The van der Waals surface area contributed by atoms with E-state index in [0.29, 0.717) is 11.3 Å². The molecule has 0 unspecified atom stereocenters. The smallest absolute Gasteiger partial charge is 0.269 e. The van der Waals surface area contributed by atoms with E-state index in [1.807, 2.05) is 0 Å². The van der Waals surface area contributed by atoms with E-state index < -0.39 is 39.7 Å². The van der Waals surface area contributed by atoms with Gasteiger partial charge in [0.25, 0.3) is 17.3 Å². The van der Waals surface area contributed by atoms with Gasteiger partial charge in [0, 0.05) is 24.3 Å².